The molecule has 0 bridgehead atoms. The van der Waals surface area contributed by atoms with Crippen LogP contribution in [0.5, 0.6) is 0 Å². The molecule has 0 fully saturated rings. The maximum Gasteiger partial charge on any atom is 0.0504 e. The molecule has 0 aromatic carbocycles. The van der Waals surface area contributed by atoms with E-state index in [0.29, 0.717) is 0 Å². The van der Waals surface area contributed by atoms with Gasteiger partial charge in [-0.15, -0.1) is 0 Å². The maximum absolute atomic E-state index is 3.60. The van der Waals surface area contributed by atoms with Crippen LogP contribution in [0.25, 0.3) is 0 Å². The SMILES string of the molecule is C=NN(CC)NC. The first kappa shape index (κ1) is 6.43. The molecule has 0 saturated carbocycles. The summed E-state index contributed by atoms with van der Waals surface area (Å²) in [6, 6.07) is 0. The fraction of sp³-hybridized carbons (Fsp3) is 0.750. The molecule has 0 aromatic heterocycles. The van der Waals surface area contributed by atoms with Gasteiger partial charge in [0, 0.05) is 13.8 Å². The molecule has 0 spiro atoms. The summed E-state index contributed by atoms with van der Waals surface area (Å²) in [6.45, 7) is 6.15. The predicted molar refractivity (Wildman–Crippen MR) is 31.0 cm³/mol. The highest BCUT2D eigenvalue weighted by Crippen LogP contribution is 1.74. The Kier molecular flexibility index (Phi) is 3.32. The molecule has 0 aliphatic rings. The van der Waals surface area contributed by atoms with Gasteiger partial charge in [-0.1, -0.05) is 0 Å². The zero-order chi connectivity index (χ0) is 5.70. The minimum Gasteiger partial charge on any atom is -0.231 e. The molecule has 0 rings (SSSR count). The minimum absolute atomic E-state index is 0.847. The number of hydrogen-bond donors (Lipinski definition) is 1. The summed E-state index contributed by atoms with van der Waals surface area (Å²) in [5, 5.41) is 5.24. The number of rotatable bonds is 3. The summed E-state index contributed by atoms with van der Waals surface area (Å²) < 4.78 is 0. The fourth-order valence-corrected chi connectivity index (χ4v) is 0.329. The second kappa shape index (κ2) is 3.61. The Bertz CT molecular complexity index is 48.9. The van der Waals surface area contributed by atoms with Crippen molar-refractivity contribution in [3.63, 3.8) is 0 Å². The lowest BCUT2D eigenvalue weighted by Crippen LogP contribution is -2.28. The average Bonchev–Trinajstić information content (AvgIpc) is 1.72. The highest BCUT2D eigenvalue weighted by atomic mass is 15.7. The fourth-order valence-electron chi connectivity index (χ4n) is 0.329. The maximum atomic E-state index is 3.60. The smallest absolute Gasteiger partial charge is 0.0504 e. The van der Waals surface area contributed by atoms with Gasteiger partial charge >= 0.3 is 0 Å². The van der Waals surface area contributed by atoms with Gasteiger partial charge in [-0.3, -0.25) is 0 Å². The molecule has 0 radical (unpaired) electrons. The largest absolute Gasteiger partial charge is 0.231 e. The lowest BCUT2D eigenvalue weighted by Gasteiger charge is -2.11. The van der Waals surface area contributed by atoms with Crippen molar-refractivity contribution in [3.8, 4) is 0 Å². The van der Waals surface area contributed by atoms with Crippen molar-refractivity contribution in [1.82, 2.24) is 10.5 Å². The van der Waals surface area contributed by atoms with Crippen molar-refractivity contribution in [2.45, 2.75) is 6.92 Å². The minimum atomic E-state index is 0.847. The van der Waals surface area contributed by atoms with E-state index in [9.17, 15) is 0 Å². The summed E-state index contributed by atoms with van der Waals surface area (Å²) in [6.07, 6.45) is 0. The van der Waals surface area contributed by atoms with E-state index in [2.05, 4.69) is 17.2 Å². The summed E-state index contributed by atoms with van der Waals surface area (Å²) in [5.74, 6) is 0. The van der Waals surface area contributed by atoms with E-state index < -0.39 is 0 Å². The first-order chi connectivity index (χ1) is 3.35. The van der Waals surface area contributed by atoms with E-state index in [1.165, 1.54) is 0 Å². The highest BCUT2D eigenvalue weighted by Gasteiger charge is 1.83. The molecule has 7 heavy (non-hydrogen) atoms. The van der Waals surface area contributed by atoms with Crippen molar-refractivity contribution < 1.29 is 0 Å². The van der Waals surface area contributed by atoms with Gasteiger partial charge in [-0.25, -0.2) is 10.5 Å². The molecule has 42 valence electrons. The molecule has 0 heterocycles. The van der Waals surface area contributed by atoms with Crippen molar-refractivity contribution in [2.75, 3.05) is 13.6 Å². The predicted octanol–water partition coefficient (Wildman–Crippen LogP) is 0.0583. The molecule has 0 aliphatic carbocycles. The summed E-state index contributed by atoms with van der Waals surface area (Å²) in [4.78, 5) is 0. The molecule has 3 heteroatoms. The molecule has 0 unspecified atom stereocenters. The Morgan fingerprint density at radius 1 is 1.86 bits per heavy atom. The summed E-state index contributed by atoms with van der Waals surface area (Å²) in [7, 11) is 1.80. The van der Waals surface area contributed by atoms with Gasteiger partial charge in [0.25, 0.3) is 0 Å². The van der Waals surface area contributed by atoms with E-state index in [-0.39, 0.29) is 0 Å². The zero-order valence-electron chi connectivity index (χ0n) is 4.81. The standard InChI is InChI=1S/C4H11N3/c1-4-7(5-2)6-3/h6H,2,4H2,1,3H3. The van der Waals surface area contributed by atoms with Crippen LogP contribution >= 0.6 is 0 Å². The van der Waals surface area contributed by atoms with E-state index in [4.69, 9.17) is 0 Å². The molecule has 0 atom stereocenters. The normalized spacial score (nSPS) is 8.29. The molecular formula is C4H11N3. The van der Waals surface area contributed by atoms with Gasteiger partial charge in [0.1, 0.15) is 0 Å². The number of hydrazone groups is 1. The number of nitrogens with zero attached hydrogens (tertiary/aromatic N) is 2. The van der Waals surface area contributed by atoms with Crippen LogP contribution in [0.3, 0.4) is 0 Å². The Morgan fingerprint density at radius 2 is 2.43 bits per heavy atom. The van der Waals surface area contributed by atoms with Crippen LogP contribution in [0.1, 0.15) is 6.92 Å². The third-order valence-corrected chi connectivity index (χ3v) is 0.728. The first-order valence-corrected chi connectivity index (χ1v) is 2.26. The van der Waals surface area contributed by atoms with Crippen molar-refractivity contribution in [1.29, 1.82) is 0 Å². The lowest BCUT2D eigenvalue weighted by atomic mass is 10.8. The zero-order valence-corrected chi connectivity index (χ0v) is 4.81. The van der Waals surface area contributed by atoms with Crippen LogP contribution in [-0.4, -0.2) is 25.4 Å². The van der Waals surface area contributed by atoms with Gasteiger partial charge in [0.2, 0.25) is 0 Å². The van der Waals surface area contributed by atoms with Crippen LogP contribution < -0.4 is 5.43 Å². The molecule has 3 nitrogen and oxygen atoms in total. The average molecular weight is 101 g/mol. The highest BCUT2D eigenvalue weighted by molar-refractivity contribution is 5.22. The third kappa shape index (κ3) is 2.17. The molecular weight excluding hydrogens is 90.1 g/mol. The van der Waals surface area contributed by atoms with E-state index >= 15 is 0 Å². The molecule has 0 saturated heterocycles. The van der Waals surface area contributed by atoms with E-state index in [1.54, 1.807) is 12.2 Å². The second-order valence-corrected chi connectivity index (χ2v) is 1.08. The Morgan fingerprint density at radius 3 is 2.43 bits per heavy atom. The van der Waals surface area contributed by atoms with Crippen LogP contribution in [0.2, 0.25) is 0 Å². The Labute approximate surface area is 44.0 Å². The molecule has 0 amide bonds. The van der Waals surface area contributed by atoms with Gasteiger partial charge < -0.3 is 0 Å². The number of nitrogens with one attached hydrogen (secondary N) is 1. The quantitative estimate of drug-likeness (QED) is 0.402. The van der Waals surface area contributed by atoms with Crippen molar-refractivity contribution >= 4 is 6.72 Å². The lowest BCUT2D eigenvalue weighted by molar-refractivity contribution is 0.233. The van der Waals surface area contributed by atoms with Crippen molar-refractivity contribution in [2.24, 2.45) is 5.10 Å². The summed E-state index contributed by atoms with van der Waals surface area (Å²) in [5.41, 5.74) is 2.81. The topological polar surface area (TPSA) is 27.6 Å². The molecule has 0 aromatic rings. The van der Waals surface area contributed by atoms with Gasteiger partial charge in [-0.05, 0) is 6.92 Å². The number of hydrazine groups is 1. The molecule has 0 aliphatic heterocycles. The first-order valence-electron chi connectivity index (χ1n) is 2.26. The van der Waals surface area contributed by atoms with Gasteiger partial charge in [-0.2, -0.15) is 5.10 Å². The third-order valence-electron chi connectivity index (χ3n) is 0.728. The van der Waals surface area contributed by atoms with E-state index in [0.717, 1.165) is 6.54 Å². The van der Waals surface area contributed by atoms with Gasteiger partial charge in [0.15, 0.2) is 0 Å². The van der Waals surface area contributed by atoms with Crippen LogP contribution in [0.4, 0.5) is 0 Å². The summed E-state index contributed by atoms with van der Waals surface area (Å²) >= 11 is 0. The second-order valence-electron chi connectivity index (χ2n) is 1.08. The van der Waals surface area contributed by atoms with Crippen LogP contribution in [-0.2, 0) is 0 Å². The Hall–Kier alpha value is -0.570. The number of hydrogen-bond acceptors (Lipinski definition) is 3. The van der Waals surface area contributed by atoms with Crippen molar-refractivity contribution in [3.05, 3.63) is 0 Å². The van der Waals surface area contributed by atoms with E-state index in [1.807, 2.05) is 6.92 Å². The van der Waals surface area contributed by atoms with Crippen LogP contribution in [0, 0.1) is 0 Å². The van der Waals surface area contributed by atoms with Gasteiger partial charge in [0.05, 0.1) is 6.54 Å². The Balaban J connectivity index is 3.16. The molecule has 1 N–H and O–H groups in total. The monoisotopic (exact) mass is 101 g/mol. The van der Waals surface area contributed by atoms with Crippen LogP contribution in [0.15, 0.2) is 5.10 Å².